The number of carbonyl (C=O) groups excluding carboxylic acids is 1. The Hall–Kier alpha value is -2.10. The molecule has 2 aliphatic rings. The Balaban J connectivity index is 1.58. The van der Waals surface area contributed by atoms with Crippen molar-refractivity contribution in [3.8, 4) is 0 Å². The van der Waals surface area contributed by atoms with E-state index in [0.717, 1.165) is 38.6 Å². The Morgan fingerprint density at radius 3 is 2.83 bits per heavy atom. The molecule has 126 valence electrons. The normalized spacial score (nSPS) is 23.3. The molecular weight excluding hydrogens is 298 g/mol. The molecule has 1 aromatic carbocycles. The number of benzene rings is 1. The molecule has 4 rings (SSSR count). The van der Waals surface area contributed by atoms with Crippen LogP contribution in [0.4, 0.5) is 0 Å². The van der Waals surface area contributed by atoms with E-state index in [1.165, 1.54) is 27.9 Å². The van der Waals surface area contributed by atoms with Crippen molar-refractivity contribution in [3.05, 3.63) is 52.3 Å². The summed E-state index contributed by atoms with van der Waals surface area (Å²) in [5.41, 5.74) is 6.42. The van der Waals surface area contributed by atoms with E-state index in [9.17, 15) is 4.79 Å². The Bertz CT molecular complexity index is 744. The zero-order valence-electron chi connectivity index (χ0n) is 14.5. The van der Waals surface area contributed by atoms with Crippen LogP contribution < -0.4 is 0 Å². The predicted octanol–water partition coefficient (Wildman–Crippen LogP) is 3.50. The van der Waals surface area contributed by atoms with Gasteiger partial charge in [-0.1, -0.05) is 18.2 Å². The molecule has 2 aromatic rings. The van der Waals surface area contributed by atoms with E-state index in [4.69, 9.17) is 0 Å². The van der Waals surface area contributed by atoms with Crippen molar-refractivity contribution in [2.75, 3.05) is 6.54 Å². The largest absolute Gasteiger partial charge is 0.335 e. The highest BCUT2D eigenvalue weighted by Crippen LogP contribution is 2.38. The van der Waals surface area contributed by atoms with Gasteiger partial charge in [-0.25, -0.2) is 0 Å². The minimum Gasteiger partial charge on any atom is -0.335 e. The second-order valence-corrected chi connectivity index (χ2v) is 7.31. The lowest BCUT2D eigenvalue weighted by Crippen LogP contribution is -2.38. The van der Waals surface area contributed by atoms with Gasteiger partial charge in [0.15, 0.2) is 0 Å². The fraction of sp³-hybridized carbons (Fsp3) is 0.500. The van der Waals surface area contributed by atoms with E-state index < -0.39 is 0 Å². The van der Waals surface area contributed by atoms with Gasteiger partial charge in [-0.3, -0.25) is 9.89 Å². The Kier molecular flexibility index (Phi) is 3.91. The number of aryl methyl sites for hydroxylation is 3. The molecule has 0 saturated carbocycles. The quantitative estimate of drug-likeness (QED) is 0.919. The lowest BCUT2D eigenvalue weighted by atomic mass is 9.86. The van der Waals surface area contributed by atoms with Crippen molar-refractivity contribution in [1.29, 1.82) is 0 Å². The average molecular weight is 323 g/mol. The predicted molar refractivity (Wildman–Crippen MR) is 93.7 cm³/mol. The number of nitrogens with one attached hydrogen (secondary N) is 1. The zero-order valence-corrected chi connectivity index (χ0v) is 14.5. The van der Waals surface area contributed by atoms with Gasteiger partial charge in [-0.2, -0.15) is 5.10 Å². The van der Waals surface area contributed by atoms with Gasteiger partial charge in [0.25, 0.3) is 0 Å². The Labute approximate surface area is 143 Å². The van der Waals surface area contributed by atoms with Gasteiger partial charge in [0.2, 0.25) is 5.91 Å². The van der Waals surface area contributed by atoms with E-state index in [0.29, 0.717) is 5.91 Å². The van der Waals surface area contributed by atoms with Crippen LogP contribution in [-0.2, 0) is 17.6 Å². The van der Waals surface area contributed by atoms with Gasteiger partial charge in [0.1, 0.15) is 0 Å². The summed E-state index contributed by atoms with van der Waals surface area (Å²) in [5.74, 6) is 0.451. The van der Waals surface area contributed by atoms with Gasteiger partial charge in [-0.15, -0.1) is 0 Å². The summed E-state index contributed by atoms with van der Waals surface area (Å²) < 4.78 is 0. The first-order valence-corrected chi connectivity index (χ1v) is 9.03. The summed E-state index contributed by atoms with van der Waals surface area (Å²) >= 11 is 0. The van der Waals surface area contributed by atoms with E-state index in [2.05, 4.69) is 47.1 Å². The second-order valence-electron chi connectivity index (χ2n) is 7.31. The number of likely N-dealkylation sites (tertiary alicyclic amines) is 1. The molecule has 2 heterocycles. The first-order valence-electron chi connectivity index (χ1n) is 9.03. The summed E-state index contributed by atoms with van der Waals surface area (Å²) in [7, 11) is 0. The molecule has 0 radical (unpaired) electrons. The van der Waals surface area contributed by atoms with Crippen LogP contribution in [0.1, 0.15) is 53.3 Å². The third-order valence-corrected chi connectivity index (χ3v) is 5.78. The minimum atomic E-state index is 0.111. The van der Waals surface area contributed by atoms with Crippen molar-refractivity contribution < 1.29 is 4.79 Å². The van der Waals surface area contributed by atoms with Crippen LogP contribution in [-0.4, -0.2) is 27.5 Å². The molecule has 1 N–H and O–H groups in total. The number of amides is 1. The van der Waals surface area contributed by atoms with Gasteiger partial charge in [0, 0.05) is 18.2 Å². The van der Waals surface area contributed by atoms with Crippen LogP contribution in [0, 0.1) is 19.8 Å². The summed E-state index contributed by atoms with van der Waals surface area (Å²) in [6.07, 6.45) is 6.79. The third kappa shape index (κ3) is 2.54. The summed E-state index contributed by atoms with van der Waals surface area (Å²) in [6, 6.07) is 6.70. The van der Waals surface area contributed by atoms with Crippen LogP contribution in [0.25, 0.3) is 0 Å². The number of hydrogen-bond acceptors (Lipinski definition) is 2. The van der Waals surface area contributed by atoms with Gasteiger partial charge >= 0.3 is 0 Å². The molecule has 1 aliphatic heterocycles. The highest BCUT2D eigenvalue weighted by Gasteiger charge is 2.36. The summed E-state index contributed by atoms with van der Waals surface area (Å²) in [4.78, 5) is 15.4. The van der Waals surface area contributed by atoms with Gasteiger partial charge in [-0.05, 0) is 68.2 Å². The molecule has 1 aromatic heterocycles. The average Bonchev–Trinajstić information content (AvgIpc) is 3.22. The molecule has 2 atom stereocenters. The van der Waals surface area contributed by atoms with Crippen LogP contribution in [0.5, 0.6) is 0 Å². The molecule has 0 bridgehead atoms. The number of rotatable bonds is 2. The van der Waals surface area contributed by atoms with Crippen molar-refractivity contribution in [1.82, 2.24) is 15.1 Å². The SMILES string of the molecule is Cc1cccc(C)c1C1CCCN1C(=O)C1CCc2[nH]ncc2C1. The number of hydrogen-bond donors (Lipinski definition) is 1. The lowest BCUT2D eigenvalue weighted by molar-refractivity contribution is -0.136. The molecule has 1 saturated heterocycles. The molecule has 1 amide bonds. The maximum absolute atomic E-state index is 13.2. The first kappa shape index (κ1) is 15.4. The van der Waals surface area contributed by atoms with Crippen LogP contribution >= 0.6 is 0 Å². The first-order chi connectivity index (χ1) is 11.6. The van der Waals surface area contributed by atoms with Crippen molar-refractivity contribution in [3.63, 3.8) is 0 Å². The molecule has 24 heavy (non-hydrogen) atoms. The Morgan fingerprint density at radius 2 is 2.04 bits per heavy atom. The van der Waals surface area contributed by atoms with E-state index in [-0.39, 0.29) is 12.0 Å². The fourth-order valence-corrected chi connectivity index (χ4v) is 4.55. The fourth-order valence-electron chi connectivity index (χ4n) is 4.55. The van der Waals surface area contributed by atoms with E-state index in [1.807, 2.05) is 6.20 Å². The van der Waals surface area contributed by atoms with Crippen molar-refractivity contribution in [2.45, 2.75) is 52.0 Å². The molecule has 0 spiro atoms. The van der Waals surface area contributed by atoms with Crippen molar-refractivity contribution in [2.24, 2.45) is 5.92 Å². The molecule has 1 aliphatic carbocycles. The monoisotopic (exact) mass is 323 g/mol. The number of H-pyrrole nitrogens is 1. The molecular formula is C20H25N3O. The van der Waals surface area contributed by atoms with Crippen LogP contribution in [0.15, 0.2) is 24.4 Å². The van der Waals surface area contributed by atoms with Gasteiger partial charge < -0.3 is 4.90 Å². The topological polar surface area (TPSA) is 49.0 Å². The second kappa shape index (κ2) is 6.08. The van der Waals surface area contributed by atoms with Gasteiger partial charge in [0.05, 0.1) is 12.2 Å². The molecule has 4 nitrogen and oxygen atoms in total. The van der Waals surface area contributed by atoms with E-state index in [1.54, 1.807) is 0 Å². The molecule has 1 fully saturated rings. The number of aromatic amines is 1. The molecule has 2 unspecified atom stereocenters. The lowest BCUT2D eigenvalue weighted by Gasteiger charge is -2.32. The third-order valence-electron chi connectivity index (χ3n) is 5.78. The standard InChI is InChI=1S/C20H25N3O/c1-13-5-3-6-14(2)19(13)18-7-4-10-23(18)20(24)15-8-9-17-16(11-15)12-21-22-17/h3,5-6,12,15,18H,4,7-11H2,1-2H3,(H,21,22). The zero-order chi connectivity index (χ0) is 16.7. The highest BCUT2D eigenvalue weighted by molar-refractivity contribution is 5.80. The number of aromatic nitrogens is 2. The smallest absolute Gasteiger partial charge is 0.226 e. The minimum absolute atomic E-state index is 0.111. The number of carbonyl (C=O) groups is 1. The Morgan fingerprint density at radius 1 is 1.25 bits per heavy atom. The maximum atomic E-state index is 13.2. The maximum Gasteiger partial charge on any atom is 0.226 e. The molecule has 4 heteroatoms. The summed E-state index contributed by atoms with van der Waals surface area (Å²) in [6.45, 7) is 5.23. The van der Waals surface area contributed by atoms with Crippen LogP contribution in [0.2, 0.25) is 0 Å². The van der Waals surface area contributed by atoms with E-state index >= 15 is 0 Å². The number of nitrogens with zero attached hydrogens (tertiary/aromatic N) is 2. The highest BCUT2D eigenvalue weighted by atomic mass is 16.2. The van der Waals surface area contributed by atoms with Crippen LogP contribution in [0.3, 0.4) is 0 Å². The number of fused-ring (bicyclic) bond motifs is 1. The summed E-state index contributed by atoms with van der Waals surface area (Å²) in [5, 5.41) is 7.19. The van der Waals surface area contributed by atoms with Crippen molar-refractivity contribution >= 4 is 5.91 Å².